The van der Waals surface area contributed by atoms with Crippen LogP contribution in [0, 0.1) is 0 Å². The first-order valence-corrected chi connectivity index (χ1v) is 11.4. The number of nitrogens with one attached hydrogen (secondary N) is 1. The summed E-state index contributed by atoms with van der Waals surface area (Å²) in [6, 6.07) is 7.99. The van der Waals surface area contributed by atoms with E-state index < -0.39 is 11.7 Å². The third-order valence-electron chi connectivity index (χ3n) is 5.35. The number of alkyl halides is 3. The molecule has 0 bridgehead atoms. The normalized spacial score (nSPS) is 13.4. The molecular formula is C23H21F3N4O2S. The number of aromatic nitrogens is 3. The molecule has 33 heavy (non-hydrogen) atoms. The average Bonchev–Trinajstić information content (AvgIpc) is 2.80. The minimum atomic E-state index is -4.43. The Morgan fingerprint density at radius 3 is 2.58 bits per heavy atom. The van der Waals surface area contributed by atoms with Crippen LogP contribution in [0.1, 0.15) is 35.2 Å². The van der Waals surface area contributed by atoms with Crippen molar-refractivity contribution in [3.8, 4) is 0 Å². The van der Waals surface area contributed by atoms with Crippen molar-refractivity contribution in [3.63, 3.8) is 0 Å². The highest BCUT2D eigenvalue weighted by atomic mass is 32.2. The van der Waals surface area contributed by atoms with Crippen LogP contribution in [0.5, 0.6) is 0 Å². The zero-order valence-corrected chi connectivity index (χ0v) is 18.4. The van der Waals surface area contributed by atoms with Gasteiger partial charge in [0.05, 0.1) is 17.9 Å². The molecule has 1 aromatic carbocycles. The lowest BCUT2D eigenvalue weighted by Crippen LogP contribution is -2.30. The number of rotatable bonds is 6. The molecule has 0 aliphatic heterocycles. The number of anilines is 1. The van der Waals surface area contributed by atoms with E-state index in [1.165, 1.54) is 23.9 Å². The summed E-state index contributed by atoms with van der Waals surface area (Å²) in [5, 5.41) is 3.13. The summed E-state index contributed by atoms with van der Waals surface area (Å²) in [6.07, 6.45) is 2.45. The maximum atomic E-state index is 12.8. The van der Waals surface area contributed by atoms with Crippen molar-refractivity contribution in [1.82, 2.24) is 14.5 Å². The number of fused-ring (bicyclic) bond motifs is 1. The molecule has 0 atom stereocenters. The lowest BCUT2D eigenvalue weighted by Gasteiger charge is -2.22. The molecule has 0 spiro atoms. The summed E-state index contributed by atoms with van der Waals surface area (Å²) < 4.78 is 39.7. The number of hydrogen-bond acceptors (Lipinski definition) is 5. The largest absolute Gasteiger partial charge is 0.416 e. The molecule has 1 aliphatic rings. The van der Waals surface area contributed by atoms with E-state index in [0.29, 0.717) is 11.6 Å². The molecule has 0 fully saturated rings. The van der Waals surface area contributed by atoms with Gasteiger partial charge in [0.1, 0.15) is 5.03 Å². The second kappa shape index (κ2) is 9.78. The molecule has 0 saturated heterocycles. The van der Waals surface area contributed by atoms with Gasteiger partial charge in [0.25, 0.3) is 0 Å². The minimum Gasteiger partial charge on any atom is -0.325 e. The maximum Gasteiger partial charge on any atom is 0.416 e. The Labute approximate surface area is 192 Å². The van der Waals surface area contributed by atoms with Crippen molar-refractivity contribution in [2.24, 2.45) is 0 Å². The van der Waals surface area contributed by atoms with Crippen LogP contribution in [0.15, 0.2) is 58.6 Å². The Morgan fingerprint density at radius 1 is 1.12 bits per heavy atom. The van der Waals surface area contributed by atoms with Crippen LogP contribution in [0.4, 0.5) is 18.9 Å². The molecule has 2 heterocycles. The molecule has 172 valence electrons. The Hall–Kier alpha value is -3.14. The molecule has 4 rings (SSSR count). The van der Waals surface area contributed by atoms with Gasteiger partial charge < -0.3 is 5.32 Å². The van der Waals surface area contributed by atoms with E-state index >= 15 is 0 Å². The third kappa shape index (κ3) is 5.62. The van der Waals surface area contributed by atoms with Gasteiger partial charge in [-0.3, -0.25) is 14.3 Å². The number of halogens is 3. The SMILES string of the molecule is O=C(CSc1nc(=O)n(Cc2cccnc2)c2c1CCCC2)Nc1ccc(C(F)(F)F)cc1. The predicted molar refractivity (Wildman–Crippen MR) is 119 cm³/mol. The van der Waals surface area contributed by atoms with Crippen LogP contribution in [0.25, 0.3) is 0 Å². The predicted octanol–water partition coefficient (Wildman–Crippen LogP) is 4.32. The second-order valence-electron chi connectivity index (χ2n) is 7.69. The number of hydrogen-bond donors (Lipinski definition) is 1. The van der Waals surface area contributed by atoms with Gasteiger partial charge in [-0.1, -0.05) is 17.8 Å². The topological polar surface area (TPSA) is 76.9 Å². The van der Waals surface area contributed by atoms with Crippen molar-refractivity contribution in [1.29, 1.82) is 0 Å². The molecule has 0 unspecified atom stereocenters. The Morgan fingerprint density at radius 2 is 1.88 bits per heavy atom. The van der Waals surface area contributed by atoms with Gasteiger partial charge >= 0.3 is 11.9 Å². The molecule has 1 amide bonds. The van der Waals surface area contributed by atoms with Gasteiger partial charge in [-0.05, 0) is 61.6 Å². The number of carbonyl (C=O) groups is 1. The molecule has 1 N–H and O–H groups in total. The third-order valence-corrected chi connectivity index (χ3v) is 6.37. The number of thioether (sulfide) groups is 1. The maximum absolute atomic E-state index is 12.8. The molecule has 10 heteroatoms. The van der Waals surface area contributed by atoms with E-state index in [0.717, 1.165) is 54.6 Å². The van der Waals surface area contributed by atoms with Crippen LogP contribution >= 0.6 is 11.8 Å². The quantitative estimate of drug-likeness (QED) is 0.426. The zero-order chi connectivity index (χ0) is 23.4. The van der Waals surface area contributed by atoms with E-state index in [1.54, 1.807) is 17.0 Å². The standard InChI is InChI=1S/C23H21F3N4O2S/c24-23(25,26)16-7-9-17(10-8-16)28-20(31)14-33-21-18-5-1-2-6-19(18)30(22(32)29-21)13-15-4-3-11-27-12-15/h3-4,7-12H,1-2,5-6,13-14H2,(H,28,31). The van der Waals surface area contributed by atoms with Gasteiger partial charge in [0.2, 0.25) is 5.91 Å². The zero-order valence-electron chi connectivity index (χ0n) is 17.6. The number of benzene rings is 1. The molecule has 6 nitrogen and oxygen atoms in total. The van der Waals surface area contributed by atoms with Crippen LogP contribution in [0.2, 0.25) is 0 Å². The van der Waals surface area contributed by atoms with Crippen molar-refractivity contribution < 1.29 is 18.0 Å². The summed E-state index contributed by atoms with van der Waals surface area (Å²) in [7, 11) is 0. The van der Waals surface area contributed by atoms with Gasteiger partial charge in [-0.25, -0.2) is 4.79 Å². The average molecular weight is 475 g/mol. The van der Waals surface area contributed by atoms with Crippen molar-refractivity contribution in [2.45, 2.75) is 43.4 Å². The van der Waals surface area contributed by atoms with Gasteiger partial charge in [0.15, 0.2) is 0 Å². The monoisotopic (exact) mass is 474 g/mol. The van der Waals surface area contributed by atoms with E-state index in [2.05, 4.69) is 15.3 Å². The van der Waals surface area contributed by atoms with Crippen LogP contribution in [-0.4, -0.2) is 26.2 Å². The van der Waals surface area contributed by atoms with Crippen molar-refractivity contribution in [2.75, 3.05) is 11.1 Å². The highest BCUT2D eigenvalue weighted by Crippen LogP contribution is 2.31. The lowest BCUT2D eigenvalue weighted by atomic mass is 9.97. The molecule has 1 aliphatic carbocycles. The fraction of sp³-hybridized carbons (Fsp3) is 0.304. The summed E-state index contributed by atoms with van der Waals surface area (Å²) in [4.78, 5) is 33.5. The molecule has 0 radical (unpaired) electrons. The molecule has 0 saturated carbocycles. The first-order valence-electron chi connectivity index (χ1n) is 10.4. The fourth-order valence-corrected chi connectivity index (χ4v) is 4.65. The van der Waals surface area contributed by atoms with Crippen LogP contribution in [-0.2, 0) is 30.4 Å². The van der Waals surface area contributed by atoms with Gasteiger partial charge in [-0.2, -0.15) is 18.2 Å². The van der Waals surface area contributed by atoms with E-state index in [9.17, 15) is 22.8 Å². The van der Waals surface area contributed by atoms with Crippen LogP contribution in [0.3, 0.4) is 0 Å². The highest BCUT2D eigenvalue weighted by Gasteiger charge is 2.30. The van der Waals surface area contributed by atoms with E-state index in [1.807, 2.05) is 12.1 Å². The first-order chi connectivity index (χ1) is 15.8. The minimum absolute atomic E-state index is 0.00742. The van der Waals surface area contributed by atoms with Crippen molar-refractivity contribution in [3.05, 3.63) is 81.7 Å². The Balaban J connectivity index is 1.47. The van der Waals surface area contributed by atoms with Crippen molar-refractivity contribution >= 4 is 23.4 Å². The second-order valence-corrected chi connectivity index (χ2v) is 8.66. The van der Waals surface area contributed by atoms with Gasteiger partial charge in [0, 0.05) is 29.3 Å². The highest BCUT2D eigenvalue weighted by molar-refractivity contribution is 8.00. The number of nitrogens with zero attached hydrogens (tertiary/aromatic N) is 3. The Bertz CT molecular complexity index is 1200. The van der Waals surface area contributed by atoms with Gasteiger partial charge in [-0.15, -0.1) is 0 Å². The van der Waals surface area contributed by atoms with Crippen LogP contribution < -0.4 is 11.0 Å². The van der Waals surface area contributed by atoms with E-state index in [4.69, 9.17) is 0 Å². The number of carbonyl (C=O) groups excluding carboxylic acids is 1. The summed E-state index contributed by atoms with van der Waals surface area (Å²) in [5.41, 5.74) is 1.96. The lowest BCUT2D eigenvalue weighted by molar-refractivity contribution is -0.137. The molecule has 2 aromatic heterocycles. The summed E-state index contributed by atoms with van der Waals surface area (Å²) in [5.74, 6) is -0.391. The number of pyridine rings is 1. The molecule has 3 aromatic rings. The summed E-state index contributed by atoms with van der Waals surface area (Å²) in [6.45, 7) is 0.390. The molecular weight excluding hydrogens is 453 g/mol. The summed E-state index contributed by atoms with van der Waals surface area (Å²) >= 11 is 1.17. The fourth-order valence-electron chi connectivity index (χ4n) is 3.78. The van der Waals surface area contributed by atoms with E-state index in [-0.39, 0.29) is 23.0 Å². The number of amides is 1. The Kier molecular flexibility index (Phi) is 6.83. The smallest absolute Gasteiger partial charge is 0.325 e. The first kappa shape index (κ1) is 23.0.